The van der Waals surface area contributed by atoms with Crippen molar-refractivity contribution < 1.29 is 9.15 Å². The second-order valence-electron chi connectivity index (χ2n) is 4.81. The number of hydrogen-bond donors (Lipinski definition) is 1. The predicted octanol–water partition coefficient (Wildman–Crippen LogP) is 3.85. The number of ether oxygens (including phenoxy) is 1. The van der Waals surface area contributed by atoms with E-state index < -0.39 is 0 Å². The molecule has 1 aromatic heterocycles. The molecule has 0 amide bonds. The summed E-state index contributed by atoms with van der Waals surface area (Å²) in [5.74, 6) is 0. The number of rotatable bonds is 7. The van der Waals surface area contributed by atoms with Crippen LogP contribution in [0.1, 0.15) is 12.0 Å². The van der Waals surface area contributed by atoms with Crippen molar-refractivity contribution in [2.75, 3.05) is 18.5 Å². The van der Waals surface area contributed by atoms with Gasteiger partial charge in [0.2, 0.25) is 0 Å². The minimum Gasteiger partial charge on any atom is -0.424 e. The maximum Gasteiger partial charge on any atom is 0.295 e. The van der Waals surface area contributed by atoms with Crippen LogP contribution in [0.2, 0.25) is 0 Å². The van der Waals surface area contributed by atoms with Gasteiger partial charge in [-0.25, -0.2) is 0 Å². The van der Waals surface area contributed by atoms with E-state index in [9.17, 15) is 0 Å². The summed E-state index contributed by atoms with van der Waals surface area (Å²) in [5.41, 5.74) is 2.88. The monoisotopic (exact) mass is 282 g/mol. The lowest BCUT2D eigenvalue weighted by molar-refractivity contribution is 0.120. The van der Waals surface area contributed by atoms with E-state index >= 15 is 0 Å². The van der Waals surface area contributed by atoms with Crippen molar-refractivity contribution in [3.63, 3.8) is 0 Å². The highest BCUT2D eigenvalue weighted by atomic mass is 16.5. The van der Waals surface area contributed by atoms with Gasteiger partial charge in [-0.3, -0.25) is 0 Å². The Morgan fingerprint density at radius 2 is 1.81 bits per heavy atom. The van der Waals surface area contributed by atoms with Gasteiger partial charge < -0.3 is 14.5 Å². The van der Waals surface area contributed by atoms with Crippen LogP contribution in [0.25, 0.3) is 11.1 Å². The molecule has 0 saturated carbocycles. The quantitative estimate of drug-likeness (QED) is 0.669. The summed E-state index contributed by atoms with van der Waals surface area (Å²) in [6.07, 6.45) is 0.908. The zero-order chi connectivity index (χ0) is 14.3. The van der Waals surface area contributed by atoms with Crippen molar-refractivity contribution in [3.8, 4) is 0 Å². The lowest BCUT2D eigenvalue weighted by atomic mass is 10.2. The summed E-state index contributed by atoms with van der Waals surface area (Å²) in [4.78, 5) is 4.36. The first-order chi connectivity index (χ1) is 10.4. The van der Waals surface area contributed by atoms with Crippen LogP contribution in [0.4, 0.5) is 6.01 Å². The fourth-order valence-electron chi connectivity index (χ4n) is 2.08. The third-order valence-electron chi connectivity index (χ3n) is 3.15. The van der Waals surface area contributed by atoms with Gasteiger partial charge in [-0.15, -0.1) is 0 Å². The number of fused-ring (bicyclic) bond motifs is 1. The van der Waals surface area contributed by atoms with E-state index in [2.05, 4.69) is 22.4 Å². The van der Waals surface area contributed by atoms with Gasteiger partial charge in [-0.2, -0.15) is 4.98 Å². The molecule has 0 aliphatic carbocycles. The molecule has 0 radical (unpaired) electrons. The first-order valence-corrected chi connectivity index (χ1v) is 7.13. The number of para-hydroxylation sites is 2. The summed E-state index contributed by atoms with van der Waals surface area (Å²) in [6.45, 7) is 2.15. The molecular formula is C17H18N2O2. The molecule has 0 saturated heterocycles. The fourth-order valence-corrected chi connectivity index (χ4v) is 2.08. The molecule has 2 aromatic carbocycles. The van der Waals surface area contributed by atoms with E-state index in [0.717, 1.165) is 24.1 Å². The maximum absolute atomic E-state index is 5.63. The molecule has 0 unspecified atom stereocenters. The Morgan fingerprint density at radius 1 is 1.00 bits per heavy atom. The first-order valence-electron chi connectivity index (χ1n) is 7.13. The Morgan fingerprint density at radius 3 is 2.67 bits per heavy atom. The summed E-state index contributed by atoms with van der Waals surface area (Å²) in [5, 5.41) is 3.17. The Kier molecular flexibility index (Phi) is 4.49. The number of anilines is 1. The van der Waals surface area contributed by atoms with Crippen LogP contribution < -0.4 is 5.32 Å². The van der Waals surface area contributed by atoms with Crippen molar-refractivity contribution in [2.24, 2.45) is 0 Å². The predicted molar refractivity (Wildman–Crippen MR) is 83.2 cm³/mol. The Labute approximate surface area is 123 Å². The van der Waals surface area contributed by atoms with Crippen molar-refractivity contribution >= 4 is 17.1 Å². The van der Waals surface area contributed by atoms with Crippen LogP contribution in [-0.4, -0.2) is 18.1 Å². The Hall–Kier alpha value is -2.33. The van der Waals surface area contributed by atoms with E-state index in [1.165, 1.54) is 5.56 Å². The number of nitrogens with zero attached hydrogens (tertiary/aromatic N) is 1. The molecule has 108 valence electrons. The van der Waals surface area contributed by atoms with Gasteiger partial charge in [0.05, 0.1) is 6.61 Å². The highest BCUT2D eigenvalue weighted by Gasteiger charge is 2.03. The van der Waals surface area contributed by atoms with Gasteiger partial charge in [0.15, 0.2) is 5.58 Å². The summed E-state index contributed by atoms with van der Waals surface area (Å²) in [7, 11) is 0. The van der Waals surface area contributed by atoms with Crippen molar-refractivity contribution in [1.82, 2.24) is 4.98 Å². The normalized spacial score (nSPS) is 10.9. The lowest BCUT2D eigenvalue weighted by Gasteiger charge is -2.04. The van der Waals surface area contributed by atoms with Crippen LogP contribution >= 0.6 is 0 Å². The van der Waals surface area contributed by atoms with Crippen molar-refractivity contribution in [2.45, 2.75) is 13.0 Å². The van der Waals surface area contributed by atoms with Crippen LogP contribution in [0.3, 0.4) is 0 Å². The molecule has 1 heterocycles. The minimum atomic E-state index is 0.569. The van der Waals surface area contributed by atoms with Gasteiger partial charge in [-0.05, 0) is 24.1 Å². The van der Waals surface area contributed by atoms with E-state index in [-0.39, 0.29) is 0 Å². The molecule has 0 aliphatic rings. The summed E-state index contributed by atoms with van der Waals surface area (Å²) in [6, 6.07) is 18.5. The molecule has 3 aromatic rings. The maximum atomic E-state index is 5.63. The van der Waals surface area contributed by atoms with Gasteiger partial charge in [0.25, 0.3) is 6.01 Å². The second-order valence-corrected chi connectivity index (χ2v) is 4.81. The number of nitrogens with one attached hydrogen (secondary N) is 1. The van der Waals surface area contributed by atoms with E-state index in [0.29, 0.717) is 19.2 Å². The average molecular weight is 282 g/mol. The third kappa shape index (κ3) is 3.83. The smallest absolute Gasteiger partial charge is 0.295 e. The number of benzene rings is 2. The topological polar surface area (TPSA) is 47.3 Å². The molecular weight excluding hydrogens is 264 g/mol. The summed E-state index contributed by atoms with van der Waals surface area (Å²) < 4.78 is 11.2. The fraction of sp³-hybridized carbons (Fsp3) is 0.235. The zero-order valence-electron chi connectivity index (χ0n) is 11.8. The van der Waals surface area contributed by atoms with Crippen LogP contribution in [0, 0.1) is 0 Å². The van der Waals surface area contributed by atoms with Gasteiger partial charge in [0.1, 0.15) is 5.52 Å². The van der Waals surface area contributed by atoms with E-state index in [4.69, 9.17) is 9.15 Å². The highest BCUT2D eigenvalue weighted by Crippen LogP contribution is 2.17. The van der Waals surface area contributed by atoms with Crippen molar-refractivity contribution in [1.29, 1.82) is 0 Å². The zero-order valence-corrected chi connectivity index (χ0v) is 11.8. The highest BCUT2D eigenvalue weighted by molar-refractivity contribution is 5.74. The van der Waals surface area contributed by atoms with Crippen LogP contribution in [0.15, 0.2) is 59.0 Å². The first kappa shape index (κ1) is 13.6. The molecule has 1 N–H and O–H groups in total. The second kappa shape index (κ2) is 6.90. The summed E-state index contributed by atoms with van der Waals surface area (Å²) >= 11 is 0. The largest absolute Gasteiger partial charge is 0.424 e. The minimum absolute atomic E-state index is 0.569. The number of hydrogen-bond acceptors (Lipinski definition) is 4. The SMILES string of the molecule is c1ccc(COCCCNc2nc3ccccc3o2)cc1. The van der Waals surface area contributed by atoms with Crippen LogP contribution in [0.5, 0.6) is 0 Å². The molecule has 0 aliphatic heterocycles. The number of aromatic nitrogens is 1. The average Bonchev–Trinajstić information content (AvgIpc) is 2.94. The van der Waals surface area contributed by atoms with Crippen LogP contribution in [-0.2, 0) is 11.3 Å². The molecule has 0 bridgehead atoms. The van der Waals surface area contributed by atoms with Gasteiger partial charge in [-0.1, -0.05) is 42.5 Å². The Bertz CT molecular complexity index is 646. The molecule has 4 nitrogen and oxygen atoms in total. The standard InChI is InChI=1S/C17H18N2O2/c1-2-7-14(8-3-1)13-20-12-6-11-18-17-19-15-9-4-5-10-16(15)21-17/h1-5,7-10H,6,11-13H2,(H,18,19). The third-order valence-corrected chi connectivity index (χ3v) is 3.15. The van der Waals surface area contributed by atoms with E-state index in [1.807, 2.05) is 42.5 Å². The van der Waals surface area contributed by atoms with Crippen molar-refractivity contribution in [3.05, 3.63) is 60.2 Å². The van der Waals surface area contributed by atoms with E-state index in [1.54, 1.807) is 0 Å². The molecule has 0 fully saturated rings. The molecule has 4 heteroatoms. The number of oxazole rings is 1. The molecule has 0 spiro atoms. The molecule has 3 rings (SSSR count). The molecule has 0 atom stereocenters. The molecule has 21 heavy (non-hydrogen) atoms. The lowest BCUT2D eigenvalue weighted by Crippen LogP contribution is -2.05. The Balaban J connectivity index is 1.36. The van der Waals surface area contributed by atoms with Gasteiger partial charge >= 0.3 is 0 Å². The van der Waals surface area contributed by atoms with Gasteiger partial charge in [0, 0.05) is 13.2 Å².